The first-order chi connectivity index (χ1) is 1.89. The van der Waals surface area contributed by atoms with E-state index in [0.29, 0.717) is 0 Å². The van der Waals surface area contributed by atoms with Gasteiger partial charge in [-0.1, -0.05) is 6.61 Å². The molecule has 0 aromatic rings. The van der Waals surface area contributed by atoms with Crippen molar-refractivity contribution in [2.24, 2.45) is 0 Å². The molecule has 0 radical (unpaired) electrons. The molecule has 1 fully saturated rings. The molecule has 0 atom stereocenters. The third-order valence-corrected chi connectivity index (χ3v) is 0.433. The molecule has 0 spiro atoms. The molecular weight excluding hydrogens is 138 g/mol. The van der Waals surface area contributed by atoms with Crippen LogP contribution in [0.3, 0.4) is 0 Å². The summed E-state index contributed by atoms with van der Waals surface area (Å²) < 4.78 is 4.62. The van der Waals surface area contributed by atoms with Gasteiger partial charge in [-0.05, 0) is 0 Å². The third-order valence-electron chi connectivity index (χ3n) is 0.433. The summed E-state index contributed by atoms with van der Waals surface area (Å²) >= 11 is 0. The van der Waals surface area contributed by atoms with Crippen LogP contribution in [0.25, 0.3) is 0 Å². The van der Waals surface area contributed by atoms with E-state index in [2.05, 4.69) is 4.74 Å². The van der Waals surface area contributed by atoms with Crippen LogP contribution in [0.5, 0.6) is 0 Å². The molecule has 1 aliphatic heterocycles. The van der Waals surface area contributed by atoms with Gasteiger partial charge in [0.1, 0.15) is 0 Å². The molecule has 0 aromatic heterocycles. The molecule has 1 nitrogen and oxygen atoms in total. The zero-order valence-corrected chi connectivity index (χ0v) is 8.53. The van der Waals surface area contributed by atoms with E-state index in [-0.39, 0.29) is 58.2 Å². The molecule has 1 aliphatic rings. The molecule has 0 saturated carbocycles. The van der Waals surface area contributed by atoms with Gasteiger partial charge in [0.2, 0.25) is 0 Å². The Bertz CT molecular complexity index is 26.1. The van der Waals surface area contributed by atoms with E-state index >= 15 is 0 Å². The maximum Gasteiger partial charge on any atom is 1.00 e. The zero-order valence-electron chi connectivity index (χ0n) is 3.62. The predicted molar refractivity (Wildman–Crippen MR) is 14.9 cm³/mol. The minimum Gasteiger partial charge on any atom is -0.571 e. The standard InChI is InChI=1S/C3H5O.Rb/c1-3-2-4-3;/h2H2,1H3;/q-1;+1. The van der Waals surface area contributed by atoms with Crippen molar-refractivity contribution >= 4 is 0 Å². The third kappa shape index (κ3) is 3.60. The fourth-order valence-corrected chi connectivity index (χ4v) is 0.0722. The fraction of sp³-hybridized carbons (Fsp3) is 0.667. The molecule has 24 valence electrons. The Balaban J connectivity index is 0.000000160. The molecule has 0 unspecified atom stereocenters. The number of epoxide rings is 1. The van der Waals surface area contributed by atoms with Crippen molar-refractivity contribution in [2.45, 2.75) is 6.92 Å². The molecule has 0 aromatic carbocycles. The molecule has 1 saturated heterocycles. The van der Waals surface area contributed by atoms with Gasteiger partial charge in [0.05, 0.1) is 0 Å². The largest absolute Gasteiger partial charge is 1.00 e. The summed E-state index contributed by atoms with van der Waals surface area (Å²) in [5.41, 5.74) is 0. The summed E-state index contributed by atoms with van der Waals surface area (Å²) in [6.07, 6.45) is 1.17. The van der Waals surface area contributed by atoms with Crippen LogP contribution in [0.15, 0.2) is 0 Å². The number of hydrogen-bond donors (Lipinski definition) is 0. The van der Waals surface area contributed by atoms with Crippen molar-refractivity contribution in [2.75, 3.05) is 6.61 Å². The van der Waals surface area contributed by atoms with E-state index in [0.717, 1.165) is 6.61 Å². The smallest absolute Gasteiger partial charge is 0.571 e. The predicted octanol–water partition coefficient (Wildman–Crippen LogP) is -2.43. The average Bonchev–Trinajstić information content (AvgIpc) is 1.75. The van der Waals surface area contributed by atoms with Crippen LogP contribution in [-0.4, -0.2) is 6.61 Å². The summed E-state index contributed by atoms with van der Waals surface area (Å²) in [5, 5.41) is 0. The second kappa shape index (κ2) is 2.86. The van der Waals surface area contributed by atoms with E-state index in [1.165, 1.54) is 6.10 Å². The van der Waals surface area contributed by atoms with Crippen LogP contribution in [0, 0.1) is 6.10 Å². The summed E-state index contributed by atoms with van der Waals surface area (Å²) in [6, 6.07) is 0. The summed E-state index contributed by atoms with van der Waals surface area (Å²) in [5.74, 6) is 0. The molecule has 5 heavy (non-hydrogen) atoms. The number of ether oxygens (including phenoxy) is 1. The first-order valence-electron chi connectivity index (χ1n) is 1.35. The van der Waals surface area contributed by atoms with E-state index < -0.39 is 0 Å². The number of hydrogen-bond acceptors (Lipinski definition) is 1. The molecule has 1 rings (SSSR count). The van der Waals surface area contributed by atoms with E-state index in [1.54, 1.807) is 0 Å². The molecule has 0 N–H and O–H groups in total. The topological polar surface area (TPSA) is 12.5 Å². The van der Waals surface area contributed by atoms with Gasteiger partial charge >= 0.3 is 58.2 Å². The Labute approximate surface area is 80.9 Å². The SMILES string of the molecule is C[C-]1CO1.[Rb+]. The van der Waals surface area contributed by atoms with Gasteiger partial charge in [-0.25, -0.2) is 0 Å². The monoisotopic (exact) mass is 142 g/mol. The van der Waals surface area contributed by atoms with E-state index in [9.17, 15) is 0 Å². The van der Waals surface area contributed by atoms with Crippen molar-refractivity contribution in [1.82, 2.24) is 0 Å². The first-order valence-corrected chi connectivity index (χ1v) is 1.35. The fourth-order valence-electron chi connectivity index (χ4n) is 0.0722. The minimum atomic E-state index is 0. The Morgan fingerprint density at radius 3 is 2.00 bits per heavy atom. The Morgan fingerprint density at radius 1 is 1.80 bits per heavy atom. The first kappa shape index (κ1) is 6.77. The van der Waals surface area contributed by atoms with Crippen LogP contribution in [-0.2, 0) is 4.74 Å². The molecular formula is C3H5ORb. The maximum absolute atomic E-state index is 4.62. The zero-order chi connectivity index (χ0) is 2.99. The molecule has 2 heteroatoms. The second-order valence-electron chi connectivity index (χ2n) is 0.991. The Morgan fingerprint density at radius 2 is 2.00 bits per heavy atom. The minimum absolute atomic E-state index is 0. The van der Waals surface area contributed by atoms with E-state index in [4.69, 9.17) is 0 Å². The van der Waals surface area contributed by atoms with Gasteiger partial charge in [-0.3, -0.25) is 0 Å². The van der Waals surface area contributed by atoms with Gasteiger partial charge in [0, 0.05) is 0 Å². The van der Waals surface area contributed by atoms with Crippen molar-refractivity contribution in [3.8, 4) is 0 Å². The average molecular weight is 143 g/mol. The van der Waals surface area contributed by atoms with Gasteiger partial charge in [0.25, 0.3) is 0 Å². The van der Waals surface area contributed by atoms with Crippen LogP contribution in [0.1, 0.15) is 6.92 Å². The molecule has 0 aliphatic carbocycles. The van der Waals surface area contributed by atoms with E-state index in [1.807, 2.05) is 6.92 Å². The second-order valence-corrected chi connectivity index (χ2v) is 0.991. The van der Waals surface area contributed by atoms with Gasteiger partial charge in [-0.2, -0.15) is 13.0 Å². The van der Waals surface area contributed by atoms with Gasteiger partial charge < -0.3 is 4.74 Å². The maximum atomic E-state index is 4.62. The Kier molecular flexibility index (Phi) is 3.87. The summed E-state index contributed by atoms with van der Waals surface area (Å²) in [6.45, 7) is 2.88. The summed E-state index contributed by atoms with van der Waals surface area (Å²) in [7, 11) is 0. The summed E-state index contributed by atoms with van der Waals surface area (Å²) in [4.78, 5) is 0. The van der Waals surface area contributed by atoms with Crippen molar-refractivity contribution in [3.63, 3.8) is 0 Å². The molecule has 1 heterocycles. The van der Waals surface area contributed by atoms with Crippen LogP contribution < -0.4 is 58.2 Å². The number of rotatable bonds is 0. The van der Waals surface area contributed by atoms with Crippen molar-refractivity contribution in [3.05, 3.63) is 6.10 Å². The van der Waals surface area contributed by atoms with Crippen molar-refractivity contribution < 1.29 is 62.9 Å². The van der Waals surface area contributed by atoms with Gasteiger partial charge in [-0.15, -0.1) is 0 Å². The van der Waals surface area contributed by atoms with Gasteiger partial charge in [0.15, 0.2) is 0 Å². The quantitative estimate of drug-likeness (QED) is 0.271. The molecule has 0 amide bonds. The Hall–Kier alpha value is 1.77. The molecule has 0 bridgehead atoms. The van der Waals surface area contributed by atoms with Crippen LogP contribution in [0.2, 0.25) is 0 Å². The van der Waals surface area contributed by atoms with Crippen LogP contribution >= 0.6 is 0 Å². The van der Waals surface area contributed by atoms with Crippen LogP contribution in [0.4, 0.5) is 0 Å². The normalized spacial score (nSPS) is 21.0. The van der Waals surface area contributed by atoms with Crippen molar-refractivity contribution in [1.29, 1.82) is 0 Å².